The first kappa shape index (κ1) is 64.8. The zero-order valence-electron chi connectivity index (χ0n) is 48.3. The molecule has 3 aliphatic heterocycles. The maximum absolute atomic E-state index is 12.1. The Morgan fingerprint density at radius 1 is 0.662 bits per heavy atom. The number of carbonyl (C=O) groups excluding carboxylic acids is 4. The van der Waals surface area contributed by atoms with E-state index in [-0.39, 0.29) is 83.2 Å². The van der Waals surface area contributed by atoms with Crippen molar-refractivity contribution in [1.82, 2.24) is 0 Å². The molecule has 16 heteroatoms. The van der Waals surface area contributed by atoms with Gasteiger partial charge in [-0.1, -0.05) is 120 Å². The first-order valence-electron chi connectivity index (χ1n) is 27.6. The molecule has 0 aromatic heterocycles. The summed E-state index contributed by atoms with van der Waals surface area (Å²) in [6.45, 7) is 20.7. The Balaban J connectivity index is 0.000000187. The van der Waals surface area contributed by atoms with Crippen LogP contribution in [0.3, 0.4) is 0 Å². The summed E-state index contributed by atoms with van der Waals surface area (Å²) in [5.74, 6) is -0.665. The summed E-state index contributed by atoms with van der Waals surface area (Å²) >= 11 is 0. The molecular formula is C64H82O14S2. The zero-order valence-corrected chi connectivity index (χ0v) is 49.9. The summed E-state index contributed by atoms with van der Waals surface area (Å²) in [4.78, 5) is 51.1. The van der Waals surface area contributed by atoms with Crippen LogP contribution in [0.5, 0.6) is 11.5 Å². The van der Waals surface area contributed by atoms with Gasteiger partial charge >= 0.3 is 23.9 Å². The number of phenols is 1. The van der Waals surface area contributed by atoms with Crippen LogP contribution in [0.4, 0.5) is 0 Å². The van der Waals surface area contributed by atoms with Crippen LogP contribution in [0.2, 0.25) is 0 Å². The van der Waals surface area contributed by atoms with Gasteiger partial charge in [0, 0.05) is 5.75 Å². The first-order valence-corrected chi connectivity index (χ1v) is 30.4. The van der Waals surface area contributed by atoms with Gasteiger partial charge in [0.15, 0.2) is 33.7 Å². The number of rotatable bonds is 17. The minimum Gasteiger partial charge on any atom is -0.748 e. The van der Waals surface area contributed by atoms with Gasteiger partial charge < -0.3 is 38.1 Å². The maximum atomic E-state index is 12.1. The number of esters is 4. The van der Waals surface area contributed by atoms with Crippen LogP contribution in [0.25, 0.3) is 0 Å². The molecule has 2 bridgehead atoms. The molecule has 1 aliphatic carbocycles. The SMILES string of the molecule is CCC(C)(C)C(=O)OC1C2CC3C(=O)OC1C3O2.CCC(C)(C)C(=O)OCOC1Cc2ccccc2C1.CCC(C)(C)C(=O)Oc1ccc(O)cc1.CCC(C)CS(=O)(=O)[O-].c1ccc([S+](c2ccccc2)c2ccccc2)cc1. The lowest BCUT2D eigenvalue weighted by Gasteiger charge is -2.27. The van der Waals surface area contributed by atoms with Crippen molar-refractivity contribution in [2.75, 3.05) is 12.5 Å². The van der Waals surface area contributed by atoms with Gasteiger partial charge in [-0.05, 0) is 158 Å². The summed E-state index contributed by atoms with van der Waals surface area (Å²) in [7, 11) is -4.00. The number of hydrogen-bond acceptors (Lipinski definition) is 14. The Labute approximate surface area is 477 Å². The topological polar surface area (TPSA) is 201 Å². The van der Waals surface area contributed by atoms with Crippen molar-refractivity contribution in [2.45, 2.75) is 166 Å². The standard InChI is InChI=1S/C18H15S.C16H22O3.C13H18O5.C12H16O3.C5H12O3S/c1-4-10-16(11-5-1)19(17-12-6-2-7-13-17)18-14-8-3-9-15-18;1-4-16(2,3)15(17)19-11-18-14-9-12-7-5-6-8-13(12)10-14;1-4-13(2,3)12(15)18-9-7-5-6-8(16-7)10(9)17-11(6)14;1-4-12(2,3)11(14)15-10-7-5-9(13)6-8-10;1-3-5(2)4-9(6,7)8/h1-15H;5-8,14H,4,9-11H2,1-3H3;6-10H,4-5H2,1-3H3;5-8,13H,4H2,1-3H3;5H,3-4H2,1-2H3,(H,6,7,8)/q+1;;;;/p-1. The molecule has 0 radical (unpaired) electrons. The molecule has 3 saturated heterocycles. The molecule has 0 spiro atoms. The highest BCUT2D eigenvalue weighted by Crippen LogP contribution is 2.48. The predicted octanol–water partition coefficient (Wildman–Crippen LogP) is 12.2. The number of benzene rings is 5. The summed E-state index contributed by atoms with van der Waals surface area (Å²) in [6.07, 6.45) is 4.31. The van der Waals surface area contributed by atoms with Crippen molar-refractivity contribution >= 4 is 44.9 Å². The third-order valence-electron chi connectivity index (χ3n) is 15.0. The molecule has 14 nitrogen and oxygen atoms in total. The van der Waals surface area contributed by atoms with Crippen molar-refractivity contribution in [2.24, 2.45) is 28.1 Å². The lowest BCUT2D eigenvalue weighted by molar-refractivity contribution is -0.170. The summed E-state index contributed by atoms with van der Waals surface area (Å²) in [6, 6.07) is 46.6. The fourth-order valence-electron chi connectivity index (χ4n) is 8.42. The summed E-state index contributed by atoms with van der Waals surface area (Å²) in [5, 5.41) is 9.06. The third-order valence-corrected chi connectivity index (χ3v) is 18.2. The average Bonchev–Trinajstić information content (AvgIpc) is 4.23. The fourth-order valence-corrected chi connectivity index (χ4v) is 11.5. The number of fused-ring (bicyclic) bond motifs is 2. The monoisotopic (exact) mass is 1140 g/mol. The molecule has 0 amide bonds. The molecule has 3 heterocycles. The van der Waals surface area contributed by atoms with Crippen molar-refractivity contribution in [3.05, 3.63) is 151 Å². The normalized spacial score (nSPS) is 19.2. The van der Waals surface area contributed by atoms with Crippen molar-refractivity contribution < 1.29 is 65.7 Å². The van der Waals surface area contributed by atoms with Gasteiger partial charge in [0.1, 0.15) is 17.6 Å². The van der Waals surface area contributed by atoms with E-state index < -0.39 is 38.6 Å². The van der Waals surface area contributed by atoms with E-state index in [0.29, 0.717) is 18.6 Å². The number of carbonyl (C=O) groups is 4. The quantitative estimate of drug-likeness (QED) is 0.0230. The zero-order chi connectivity index (χ0) is 58.8. The molecule has 4 aliphatic rings. The minimum atomic E-state index is -3.99. The second-order valence-electron chi connectivity index (χ2n) is 22.3. The Hall–Kier alpha value is -6.04. The smallest absolute Gasteiger partial charge is 0.316 e. The molecule has 6 atom stereocenters. The Morgan fingerprint density at radius 3 is 1.55 bits per heavy atom. The molecule has 0 saturated carbocycles. The summed E-state index contributed by atoms with van der Waals surface area (Å²) in [5.41, 5.74) is 1.27. The molecule has 80 heavy (non-hydrogen) atoms. The first-order chi connectivity index (χ1) is 37.8. The Kier molecular flexibility index (Phi) is 24.0. The van der Waals surface area contributed by atoms with Gasteiger partial charge in [-0.15, -0.1) is 0 Å². The van der Waals surface area contributed by atoms with Crippen LogP contribution < -0.4 is 4.74 Å². The summed E-state index contributed by atoms with van der Waals surface area (Å²) < 4.78 is 62.6. The number of aromatic hydroxyl groups is 1. The number of ether oxygens (including phenoxy) is 6. The van der Waals surface area contributed by atoms with Gasteiger partial charge in [-0.3, -0.25) is 19.2 Å². The second kappa shape index (κ2) is 29.6. The second-order valence-corrected chi connectivity index (χ2v) is 25.8. The Bertz CT molecular complexity index is 2740. The van der Waals surface area contributed by atoms with Crippen LogP contribution in [0, 0.1) is 28.1 Å². The predicted molar refractivity (Wildman–Crippen MR) is 308 cm³/mol. The van der Waals surface area contributed by atoms with E-state index in [9.17, 15) is 32.1 Å². The lowest BCUT2D eigenvalue weighted by atomic mass is 9.87. The highest BCUT2D eigenvalue weighted by atomic mass is 32.2. The van der Waals surface area contributed by atoms with Gasteiger partial charge in [-0.25, -0.2) is 8.42 Å². The van der Waals surface area contributed by atoms with Crippen LogP contribution >= 0.6 is 0 Å². The molecule has 6 unspecified atom stereocenters. The molecule has 9 rings (SSSR count). The maximum Gasteiger partial charge on any atom is 0.316 e. The number of phenolic OH excluding ortho intramolecular Hbond substituents is 1. The van der Waals surface area contributed by atoms with E-state index in [1.807, 2.05) is 81.4 Å². The van der Waals surface area contributed by atoms with Crippen LogP contribution in [-0.2, 0) is 76.7 Å². The molecule has 5 aromatic rings. The van der Waals surface area contributed by atoms with E-state index in [2.05, 4.69) is 103 Å². The van der Waals surface area contributed by atoms with Gasteiger partial charge in [-0.2, -0.15) is 0 Å². The van der Waals surface area contributed by atoms with Crippen LogP contribution in [-0.4, -0.2) is 85.0 Å². The largest absolute Gasteiger partial charge is 0.748 e. The van der Waals surface area contributed by atoms with Gasteiger partial charge in [0.05, 0.1) is 55.4 Å². The van der Waals surface area contributed by atoms with Crippen LogP contribution in [0.15, 0.2) is 154 Å². The van der Waals surface area contributed by atoms with Gasteiger partial charge in [0.2, 0.25) is 0 Å². The molecule has 3 fully saturated rings. The van der Waals surface area contributed by atoms with Gasteiger partial charge in [0.25, 0.3) is 0 Å². The fraction of sp³-hybridized carbons (Fsp3) is 0.469. The van der Waals surface area contributed by atoms with E-state index in [4.69, 9.17) is 33.5 Å². The number of hydrogen-bond donors (Lipinski definition) is 1. The van der Waals surface area contributed by atoms with E-state index >= 15 is 0 Å². The minimum absolute atomic E-state index is 0.00694. The molecule has 5 aromatic carbocycles. The van der Waals surface area contributed by atoms with E-state index in [0.717, 1.165) is 32.1 Å². The highest BCUT2D eigenvalue weighted by molar-refractivity contribution is 7.97. The third kappa shape index (κ3) is 18.8. The van der Waals surface area contributed by atoms with Crippen molar-refractivity contribution in [3.8, 4) is 11.5 Å². The van der Waals surface area contributed by atoms with E-state index in [1.165, 1.54) is 37.9 Å². The molecule has 1 N–H and O–H groups in total. The van der Waals surface area contributed by atoms with Crippen molar-refractivity contribution in [3.63, 3.8) is 0 Å². The van der Waals surface area contributed by atoms with E-state index in [1.54, 1.807) is 19.1 Å². The highest BCUT2D eigenvalue weighted by Gasteiger charge is 2.65. The molecular weight excluding hydrogens is 1060 g/mol. The van der Waals surface area contributed by atoms with Crippen LogP contribution in [0.1, 0.15) is 119 Å². The average molecular weight is 1140 g/mol. The van der Waals surface area contributed by atoms with Crippen molar-refractivity contribution in [1.29, 1.82) is 0 Å². The lowest BCUT2D eigenvalue weighted by Crippen LogP contribution is -2.42. The molecule has 434 valence electrons. The Morgan fingerprint density at radius 2 is 1.11 bits per heavy atom.